The van der Waals surface area contributed by atoms with Gasteiger partial charge in [0.25, 0.3) is 0 Å². The van der Waals surface area contributed by atoms with E-state index in [1.807, 2.05) is 36.1 Å². The van der Waals surface area contributed by atoms with Gasteiger partial charge in [-0.1, -0.05) is 33.4 Å². The van der Waals surface area contributed by atoms with E-state index in [9.17, 15) is 0 Å². The number of fused-ring (bicyclic) bond motifs is 2. The first-order valence-electron chi connectivity index (χ1n) is 12.2. The lowest BCUT2D eigenvalue weighted by molar-refractivity contribution is 0.509. The Kier molecular flexibility index (Phi) is 5.19. The minimum absolute atomic E-state index is 0.0493. The summed E-state index contributed by atoms with van der Waals surface area (Å²) in [5, 5.41) is 13.3. The number of nitrogens with one attached hydrogen (secondary N) is 3. The molecule has 0 aliphatic heterocycles. The standard InChI is InChI=1S/C29H28N8/c1-17-15-37(16-32-17)28-23-12-26(34-24(23)8-9-31-28)27-22-11-19(6-7-25(22)35-36-27)20-10-21(14-30-13-20)33-18(2)29(3,4)5/h6-16,33-34H,2H2,1,3-5H3,(H,35,36). The molecule has 0 saturated carbocycles. The minimum atomic E-state index is -0.0493. The highest BCUT2D eigenvalue weighted by Crippen LogP contribution is 2.34. The van der Waals surface area contributed by atoms with Crippen LogP contribution in [0.5, 0.6) is 0 Å². The Morgan fingerprint density at radius 1 is 0.973 bits per heavy atom. The number of aromatic amines is 2. The first-order valence-corrected chi connectivity index (χ1v) is 12.2. The second kappa shape index (κ2) is 8.44. The summed E-state index contributed by atoms with van der Waals surface area (Å²) in [7, 11) is 0. The minimum Gasteiger partial charge on any atom is -0.358 e. The molecule has 0 spiro atoms. The van der Waals surface area contributed by atoms with E-state index in [0.717, 1.165) is 67.2 Å². The first-order chi connectivity index (χ1) is 17.8. The number of anilines is 1. The van der Waals surface area contributed by atoms with Gasteiger partial charge in [-0.2, -0.15) is 5.10 Å². The van der Waals surface area contributed by atoms with Crippen LogP contribution in [0.15, 0.2) is 79.8 Å². The van der Waals surface area contributed by atoms with Crippen LogP contribution in [0.2, 0.25) is 0 Å². The van der Waals surface area contributed by atoms with Gasteiger partial charge in [-0.3, -0.25) is 14.6 Å². The van der Waals surface area contributed by atoms with Crippen LogP contribution in [0, 0.1) is 12.3 Å². The van der Waals surface area contributed by atoms with Gasteiger partial charge >= 0.3 is 0 Å². The average Bonchev–Trinajstić information content (AvgIpc) is 3.60. The summed E-state index contributed by atoms with van der Waals surface area (Å²) in [6.45, 7) is 12.5. The van der Waals surface area contributed by atoms with Crippen LogP contribution in [0.4, 0.5) is 5.69 Å². The zero-order valence-corrected chi connectivity index (χ0v) is 21.3. The largest absolute Gasteiger partial charge is 0.358 e. The molecule has 0 atom stereocenters. The summed E-state index contributed by atoms with van der Waals surface area (Å²) in [6, 6.07) is 12.5. The van der Waals surface area contributed by atoms with Crippen molar-refractivity contribution < 1.29 is 0 Å². The zero-order chi connectivity index (χ0) is 25.7. The maximum Gasteiger partial charge on any atom is 0.147 e. The Balaban J connectivity index is 1.40. The van der Waals surface area contributed by atoms with Crippen LogP contribution < -0.4 is 5.32 Å². The summed E-state index contributed by atoms with van der Waals surface area (Å²) in [5.74, 6) is 0.827. The average molecular weight is 489 g/mol. The molecule has 8 heteroatoms. The summed E-state index contributed by atoms with van der Waals surface area (Å²) >= 11 is 0. The lowest BCUT2D eigenvalue weighted by Crippen LogP contribution is -2.15. The number of rotatable bonds is 5. The van der Waals surface area contributed by atoms with Gasteiger partial charge in [0.2, 0.25) is 0 Å². The Hall–Kier alpha value is -4.72. The van der Waals surface area contributed by atoms with Crippen molar-refractivity contribution >= 4 is 27.5 Å². The number of hydrogen-bond acceptors (Lipinski definition) is 5. The van der Waals surface area contributed by atoms with Crippen molar-refractivity contribution in [1.29, 1.82) is 0 Å². The van der Waals surface area contributed by atoms with E-state index >= 15 is 0 Å². The fourth-order valence-corrected chi connectivity index (χ4v) is 4.34. The van der Waals surface area contributed by atoms with Gasteiger partial charge in [0.1, 0.15) is 17.8 Å². The molecule has 3 N–H and O–H groups in total. The number of aromatic nitrogens is 7. The van der Waals surface area contributed by atoms with Crippen LogP contribution in [0.3, 0.4) is 0 Å². The summed E-state index contributed by atoms with van der Waals surface area (Å²) < 4.78 is 1.94. The third kappa shape index (κ3) is 4.16. The number of aryl methyl sites for hydroxylation is 1. The highest BCUT2D eigenvalue weighted by Gasteiger charge is 2.17. The number of imidazole rings is 1. The van der Waals surface area contributed by atoms with Crippen molar-refractivity contribution in [3.05, 3.63) is 85.5 Å². The summed E-state index contributed by atoms with van der Waals surface area (Å²) in [5.41, 5.74) is 8.53. The molecule has 0 aliphatic rings. The van der Waals surface area contributed by atoms with E-state index in [1.54, 1.807) is 12.5 Å². The molecule has 0 bridgehead atoms. The number of hydrogen-bond donors (Lipinski definition) is 3. The maximum absolute atomic E-state index is 4.65. The van der Waals surface area contributed by atoms with Gasteiger partial charge in [-0.15, -0.1) is 0 Å². The van der Waals surface area contributed by atoms with Gasteiger partial charge in [0, 0.05) is 46.0 Å². The predicted octanol–water partition coefficient (Wildman–Crippen LogP) is 6.63. The molecular weight excluding hydrogens is 460 g/mol. The molecule has 37 heavy (non-hydrogen) atoms. The Bertz CT molecular complexity index is 1780. The van der Waals surface area contributed by atoms with Gasteiger partial charge in [-0.05, 0) is 42.8 Å². The van der Waals surface area contributed by atoms with Crippen LogP contribution in [-0.4, -0.2) is 34.7 Å². The Labute approximate surface area is 214 Å². The molecule has 0 saturated heterocycles. The van der Waals surface area contributed by atoms with Crippen molar-refractivity contribution in [3.8, 4) is 28.3 Å². The first kappa shape index (κ1) is 22.7. The van der Waals surface area contributed by atoms with Crippen LogP contribution in [0.25, 0.3) is 50.1 Å². The summed E-state index contributed by atoms with van der Waals surface area (Å²) in [6.07, 6.45) is 9.25. The lowest BCUT2D eigenvalue weighted by atomic mass is 9.93. The fourth-order valence-electron chi connectivity index (χ4n) is 4.34. The highest BCUT2D eigenvalue weighted by atomic mass is 15.1. The van der Waals surface area contributed by atoms with E-state index in [1.165, 1.54) is 0 Å². The molecular formula is C29H28N8. The van der Waals surface area contributed by atoms with Crippen molar-refractivity contribution in [1.82, 2.24) is 34.7 Å². The highest BCUT2D eigenvalue weighted by molar-refractivity contribution is 5.99. The van der Waals surface area contributed by atoms with Crippen LogP contribution >= 0.6 is 0 Å². The maximum atomic E-state index is 4.65. The van der Waals surface area contributed by atoms with Crippen molar-refractivity contribution in [2.24, 2.45) is 5.41 Å². The van der Waals surface area contributed by atoms with E-state index in [2.05, 4.69) is 93.1 Å². The molecule has 0 amide bonds. The van der Waals surface area contributed by atoms with E-state index in [4.69, 9.17) is 0 Å². The zero-order valence-electron chi connectivity index (χ0n) is 21.3. The Morgan fingerprint density at radius 2 is 1.84 bits per heavy atom. The molecule has 0 aliphatic carbocycles. The molecule has 184 valence electrons. The lowest BCUT2D eigenvalue weighted by Gasteiger charge is -2.23. The third-order valence-electron chi connectivity index (χ3n) is 6.57. The van der Waals surface area contributed by atoms with Crippen LogP contribution in [-0.2, 0) is 0 Å². The monoisotopic (exact) mass is 488 g/mol. The quantitative estimate of drug-likeness (QED) is 0.253. The third-order valence-corrected chi connectivity index (χ3v) is 6.57. The number of benzene rings is 1. The molecule has 8 nitrogen and oxygen atoms in total. The number of pyridine rings is 2. The summed E-state index contributed by atoms with van der Waals surface area (Å²) in [4.78, 5) is 16.9. The molecule has 0 unspecified atom stereocenters. The van der Waals surface area contributed by atoms with Gasteiger partial charge in [0.05, 0.1) is 34.3 Å². The molecule has 6 aromatic rings. The second-order valence-electron chi connectivity index (χ2n) is 10.3. The van der Waals surface area contributed by atoms with Crippen molar-refractivity contribution in [2.75, 3.05) is 5.32 Å². The molecule has 0 fully saturated rings. The number of nitrogens with zero attached hydrogens (tertiary/aromatic N) is 5. The second-order valence-corrected chi connectivity index (χ2v) is 10.3. The number of H-pyrrole nitrogens is 2. The molecule has 5 aromatic heterocycles. The topological polar surface area (TPSA) is 100 Å². The van der Waals surface area contributed by atoms with E-state index in [-0.39, 0.29) is 5.41 Å². The van der Waals surface area contributed by atoms with E-state index < -0.39 is 0 Å². The van der Waals surface area contributed by atoms with Gasteiger partial charge < -0.3 is 10.3 Å². The molecule has 1 aromatic carbocycles. The number of allylic oxidation sites excluding steroid dienone is 1. The van der Waals surface area contributed by atoms with Gasteiger partial charge in [-0.25, -0.2) is 9.97 Å². The smallest absolute Gasteiger partial charge is 0.147 e. The van der Waals surface area contributed by atoms with Crippen LogP contribution in [0.1, 0.15) is 26.5 Å². The molecule has 0 radical (unpaired) electrons. The normalized spacial score (nSPS) is 11.9. The Morgan fingerprint density at radius 3 is 2.62 bits per heavy atom. The fraction of sp³-hybridized carbons (Fsp3) is 0.172. The van der Waals surface area contributed by atoms with Gasteiger partial charge in [0.15, 0.2) is 0 Å². The molecule has 5 heterocycles. The van der Waals surface area contributed by atoms with E-state index in [0.29, 0.717) is 0 Å². The SMILES string of the molecule is C=C(Nc1cncc(-c2ccc3[nH]nc(-c4cc5c(-n6cnc(C)c6)nccc5[nH]4)c3c2)c1)C(C)(C)C. The molecule has 6 rings (SSSR count). The van der Waals surface area contributed by atoms with Crippen molar-refractivity contribution in [2.45, 2.75) is 27.7 Å². The van der Waals surface area contributed by atoms with Crippen molar-refractivity contribution in [3.63, 3.8) is 0 Å². The predicted molar refractivity (Wildman–Crippen MR) is 148 cm³/mol.